The molecule has 0 radical (unpaired) electrons. The summed E-state index contributed by atoms with van der Waals surface area (Å²) in [5.41, 5.74) is 2.23. The molecule has 0 spiro atoms. The molecule has 1 heterocycles. The normalized spacial score (nSPS) is 10.8. The Bertz CT molecular complexity index is 721. The number of aliphatic carboxylic acids is 1. The lowest BCUT2D eigenvalue weighted by Gasteiger charge is -2.07. The highest BCUT2D eigenvalue weighted by atomic mass is 35.5. The van der Waals surface area contributed by atoms with Gasteiger partial charge in [0.05, 0.1) is 5.02 Å². The Morgan fingerprint density at radius 1 is 1.33 bits per heavy atom. The monoisotopic (exact) mass is 321 g/mol. The van der Waals surface area contributed by atoms with Crippen molar-refractivity contribution in [2.24, 2.45) is 0 Å². The van der Waals surface area contributed by atoms with Crippen LogP contribution in [-0.2, 0) is 4.79 Å². The molecule has 6 heteroatoms. The van der Waals surface area contributed by atoms with Crippen LogP contribution in [0.2, 0.25) is 5.02 Å². The molecule has 0 aliphatic rings. The van der Waals surface area contributed by atoms with Crippen LogP contribution in [0.3, 0.4) is 0 Å². The van der Waals surface area contributed by atoms with Gasteiger partial charge in [-0.3, -0.25) is 4.79 Å². The number of anilines is 1. The fourth-order valence-electron chi connectivity index (χ4n) is 1.70. The van der Waals surface area contributed by atoms with Crippen LogP contribution in [0.15, 0.2) is 35.7 Å². The van der Waals surface area contributed by atoms with Crippen molar-refractivity contribution in [3.05, 3.63) is 56.7 Å². The second kappa shape index (κ2) is 6.56. The SMILES string of the molecule is Cc1ccc(NC(=O)c2sccc2Cl)cc1/C=C/C(=O)O. The number of thiophene rings is 1. The molecule has 0 saturated carbocycles. The lowest BCUT2D eigenvalue weighted by molar-refractivity contribution is -0.131. The van der Waals surface area contributed by atoms with Crippen molar-refractivity contribution in [1.82, 2.24) is 0 Å². The van der Waals surface area contributed by atoms with Gasteiger partial charge in [0.25, 0.3) is 5.91 Å². The highest BCUT2D eigenvalue weighted by molar-refractivity contribution is 7.12. The minimum absolute atomic E-state index is 0.285. The number of benzene rings is 1. The molecule has 0 fully saturated rings. The minimum atomic E-state index is -1.02. The molecule has 0 bridgehead atoms. The smallest absolute Gasteiger partial charge is 0.328 e. The summed E-state index contributed by atoms with van der Waals surface area (Å²) in [7, 11) is 0. The van der Waals surface area contributed by atoms with E-state index in [1.54, 1.807) is 23.6 Å². The largest absolute Gasteiger partial charge is 0.478 e. The second-order valence-electron chi connectivity index (χ2n) is 4.29. The number of carbonyl (C=O) groups excluding carboxylic acids is 1. The van der Waals surface area contributed by atoms with Crippen LogP contribution in [0, 0.1) is 6.92 Å². The highest BCUT2D eigenvalue weighted by Crippen LogP contribution is 2.24. The summed E-state index contributed by atoms with van der Waals surface area (Å²) in [5, 5.41) is 13.6. The van der Waals surface area contributed by atoms with E-state index >= 15 is 0 Å². The van der Waals surface area contributed by atoms with Crippen LogP contribution >= 0.6 is 22.9 Å². The van der Waals surface area contributed by atoms with Gasteiger partial charge in [0, 0.05) is 11.8 Å². The quantitative estimate of drug-likeness (QED) is 0.834. The van der Waals surface area contributed by atoms with E-state index in [-0.39, 0.29) is 5.91 Å². The van der Waals surface area contributed by atoms with E-state index in [9.17, 15) is 9.59 Å². The fraction of sp³-hybridized carbons (Fsp3) is 0.0667. The molecular weight excluding hydrogens is 310 g/mol. The molecule has 0 atom stereocenters. The second-order valence-corrected chi connectivity index (χ2v) is 5.62. The predicted molar refractivity (Wildman–Crippen MR) is 85.1 cm³/mol. The van der Waals surface area contributed by atoms with Crippen molar-refractivity contribution >= 4 is 46.6 Å². The van der Waals surface area contributed by atoms with Gasteiger partial charge in [-0.15, -0.1) is 11.3 Å². The zero-order chi connectivity index (χ0) is 15.4. The number of carbonyl (C=O) groups is 2. The summed E-state index contributed by atoms with van der Waals surface area (Å²) in [5.74, 6) is -1.30. The van der Waals surface area contributed by atoms with Crippen LogP contribution in [-0.4, -0.2) is 17.0 Å². The Morgan fingerprint density at radius 3 is 2.71 bits per heavy atom. The average molecular weight is 322 g/mol. The van der Waals surface area contributed by atoms with Crippen molar-refractivity contribution in [2.45, 2.75) is 6.92 Å². The molecule has 2 aromatic rings. The molecule has 1 aromatic heterocycles. The van der Waals surface area contributed by atoms with Crippen molar-refractivity contribution in [3.8, 4) is 0 Å². The first-order chi connectivity index (χ1) is 9.97. The van der Waals surface area contributed by atoms with E-state index in [1.165, 1.54) is 17.4 Å². The number of hydrogen-bond donors (Lipinski definition) is 2. The Balaban J connectivity index is 2.21. The summed E-state index contributed by atoms with van der Waals surface area (Å²) in [6, 6.07) is 6.95. The summed E-state index contributed by atoms with van der Waals surface area (Å²) >= 11 is 7.18. The number of carboxylic acids is 1. The molecule has 0 saturated heterocycles. The van der Waals surface area contributed by atoms with Crippen molar-refractivity contribution < 1.29 is 14.7 Å². The molecule has 1 amide bonds. The Kier molecular flexibility index (Phi) is 4.77. The highest BCUT2D eigenvalue weighted by Gasteiger charge is 2.12. The lowest BCUT2D eigenvalue weighted by atomic mass is 10.1. The zero-order valence-corrected chi connectivity index (χ0v) is 12.7. The standard InChI is InChI=1S/C15H12ClNO3S/c1-9-2-4-11(8-10(9)3-5-13(18)19)17-15(20)14-12(16)6-7-21-14/h2-8H,1H3,(H,17,20)(H,18,19)/b5-3+. The van der Waals surface area contributed by atoms with Gasteiger partial charge in [-0.25, -0.2) is 4.79 Å². The van der Waals surface area contributed by atoms with Crippen LogP contribution < -0.4 is 5.32 Å². The lowest BCUT2D eigenvalue weighted by Crippen LogP contribution is -2.10. The molecule has 0 aliphatic heterocycles. The Hall–Kier alpha value is -2.11. The first-order valence-corrected chi connectivity index (χ1v) is 7.29. The molecular formula is C15H12ClNO3S. The number of hydrogen-bond acceptors (Lipinski definition) is 3. The van der Waals surface area contributed by atoms with Gasteiger partial charge >= 0.3 is 5.97 Å². The van der Waals surface area contributed by atoms with E-state index in [1.807, 2.05) is 13.0 Å². The van der Waals surface area contributed by atoms with Gasteiger partial charge in [-0.1, -0.05) is 17.7 Å². The molecule has 2 N–H and O–H groups in total. The number of amides is 1. The molecule has 0 unspecified atom stereocenters. The average Bonchev–Trinajstić information content (AvgIpc) is 2.85. The predicted octanol–water partition coefficient (Wildman–Crippen LogP) is 4.06. The van der Waals surface area contributed by atoms with E-state index in [2.05, 4.69) is 5.32 Å². The Labute approximate surface area is 130 Å². The van der Waals surface area contributed by atoms with E-state index < -0.39 is 5.97 Å². The number of nitrogens with one attached hydrogen (secondary N) is 1. The van der Waals surface area contributed by atoms with Crippen LogP contribution in [0.4, 0.5) is 5.69 Å². The maximum atomic E-state index is 12.1. The maximum Gasteiger partial charge on any atom is 0.328 e. The van der Waals surface area contributed by atoms with Gasteiger partial charge in [0.1, 0.15) is 4.88 Å². The first-order valence-electron chi connectivity index (χ1n) is 6.03. The number of aryl methyl sites for hydroxylation is 1. The minimum Gasteiger partial charge on any atom is -0.478 e. The van der Waals surface area contributed by atoms with E-state index in [4.69, 9.17) is 16.7 Å². The van der Waals surface area contributed by atoms with Gasteiger partial charge in [0.2, 0.25) is 0 Å². The number of halogens is 1. The molecule has 4 nitrogen and oxygen atoms in total. The molecule has 21 heavy (non-hydrogen) atoms. The fourth-order valence-corrected chi connectivity index (χ4v) is 2.74. The number of carboxylic acid groups (broad SMARTS) is 1. The van der Waals surface area contributed by atoms with E-state index in [0.717, 1.165) is 17.2 Å². The van der Waals surface area contributed by atoms with Crippen molar-refractivity contribution in [1.29, 1.82) is 0 Å². The third-order valence-corrected chi connectivity index (χ3v) is 4.11. The summed E-state index contributed by atoms with van der Waals surface area (Å²) in [4.78, 5) is 23.1. The summed E-state index contributed by atoms with van der Waals surface area (Å²) in [6.07, 6.45) is 2.55. The van der Waals surface area contributed by atoms with Gasteiger partial charge in [-0.05, 0) is 47.7 Å². The molecule has 2 rings (SSSR count). The third-order valence-electron chi connectivity index (χ3n) is 2.77. The zero-order valence-electron chi connectivity index (χ0n) is 11.1. The Morgan fingerprint density at radius 2 is 2.10 bits per heavy atom. The van der Waals surface area contributed by atoms with Gasteiger partial charge in [-0.2, -0.15) is 0 Å². The summed E-state index contributed by atoms with van der Waals surface area (Å²) < 4.78 is 0. The van der Waals surface area contributed by atoms with Crippen LogP contribution in [0.5, 0.6) is 0 Å². The van der Waals surface area contributed by atoms with E-state index in [0.29, 0.717) is 15.6 Å². The third kappa shape index (κ3) is 3.93. The van der Waals surface area contributed by atoms with Crippen LogP contribution in [0.25, 0.3) is 6.08 Å². The van der Waals surface area contributed by atoms with Crippen molar-refractivity contribution in [3.63, 3.8) is 0 Å². The first kappa shape index (κ1) is 15.3. The van der Waals surface area contributed by atoms with Crippen molar-refractivity contribution in [2.75, 3.05) is 5.32 Å². The number of rotatable bonds is 4. The molecule has 0 aliphatic carbocycles. The maximum absolute atomic E-state index is 12.1. The molecule has 1 aromatic carbocycles. The topological polar surface area (TPSA) is 66.4 Å². The summed E-state index contributed by atoms with van der Waals surface area (Å²) in [6.45, 7) is 1.86. The van der Waals surface area contributed by atoms with Crippen LogP contribution in [0.1, 0.15) is 20.8 Å². The van der Waals surface area contributed by atoms with Gasteiger partial charge < -0.3 is 10.4 Å². The molecule has 108 valence electrons. The van der Waals surface area contributed by atoms with Gasteiger partial charge in [0.15, 0.2) is 0 Å².